The van der Waals surface area contributed by atoms with Gasteiger partial charge in [0.25, 0.3) is 0 Å². The van der Waals surface area contributed by atoms with Gasteiger partial charge in [-0.1, -0.05) is 37.5 Å². The topological polar surface area (TPSA) is 15.3 Å². The molecule has 0 spiro atoms. The van der Waals surface area contributed by atoms with Gasteiger partial charge in [0.2, 0.25) is 0 Å². The van der Waals surface area contributed by atoms with Crippen molar-refractivity contribution in [1.29, 1.82) is 0 Å². The number of rotatable bonds is 5. The highest BCUT2D eigenvalue weighted by atomic mass is 32.2. The van der Waals surface area contributed by atoms with E-state index >= 15 is 0 Å². The highest BCUT2D eigenvalue weighted by molar-refractivity contribution is 7.98. The number of anilines is 1. The summed E-state index contributed by atoms with van der Waals surface area (Å²) in [7, 11) is 0. The van der Waals surface area contributed by atoms with E-state index in [0.717, 1.165) is 29.2 Å². The summed E-state index contributed by atoms with van der Waals surface area (Å²) in [6, 6.07) is 15.5. The van der Waals surface area contributed by atoms with Gasteiger partial charge < -0.3 is 10.2 Å². The van der Waals surface area contributed by atoms with Gasteiger partial charge in [-0.15, -0.1) is 11.8 Å². The molecular weight excluding hydrogens is 363 g/mol. The molecule has 2 nitrogen and oxygen atoms in total. The van der Waals surface area contributed by atoms with Crippen molar-refractivity contribution in [2.24, 2.45) is 0 Å². The third-order valence-corrected chi connectivity index (χ3v) is 5.93. The summed E-state index contributed by atoms with van der Waals surface area (Å²) in [5.74, 6) is -0.201. The third kappa shape index (κ3) is 5.21. The van der Waals surface area contributed by atoms with Gasteiger partial charge in [-0.2, -0.15) is 0 Å². The first-order valence-corrected chi connectivity index (χ1v) is 10.7. The zero-order valence-corrected chi connectivity index (χ0v) is 16.7. The Kier molecular flexibility index (Phi) is 6.92. The molecule has 0 heterocycles. The van der Waals surface area contributed by atoms with Crippen LogP contribution in [-0.2, 0) is 6.54 Å². The van der Waals surface area contributed by atoms with Crippen molar-refractivity contribution >= 4 is 34.8 Å². The van der Waals surface area contributed by atoms with E-state index in [1.807, 2.05) is 24.3 Å². The smallest absolute Gasteiger partial charge is 0.173 e. The number of hydrogen-bond acceptors (Lipinski definition) is 2. The number of halogens is 1. The minimum atomic E-state index is -0.201. The fourth-order valence-electron chi connectivity index (χ4n) is 3.44. The Morgan fingerprint density at radius 3 is 2.58 bits per heavy atom. The van der Waals surface area contributed by atoms with Crippen molar-refractivity contribution in [2.45, 2.75) is 49.6 Å². The van der Waals surface area contributed by atoms with Crippen LogP contribution in [-0.4, -0.2) is 22.3 Å². The molecule has 1 fully saturated rings. The third-order valence-electron chi connectivity index (χ3n) is 4.86. The molecule has 0 radical (unpaired) electrons. The highest BCUT2D eigenvalue weighted by Crippen LogP contribution is 2.26. The molecule has 3 rings (SSSR count). The number of benzene rings is 2. The normalized spacial score (nSPS) is 14.8. The van der Waals surface area contributed by atoms with Crippen LogP contribution in [0.15, 0.2) is 53.4 Å². The van der Waals surface area contributed by atoms with Crippen LogP contribution in [0.25, 0.3) is 0 Å². The lowest BCUT2D eigenvalue weighted by Gasteiger charge is -2.36. The first kappa shape index (κ1) is 19.2. The van der Waals surface area contributed by atoms with Crippen LogP contribution < -0.4 is 5.32 Å². The van der Waals surface area contributed by atoms with Crippen molar-refractivity contribution in [3.05, 3.63) is 59.9 Å². The lowest BCUT2D eigenvalue weighted by atomic mass is 9.94. The van der Waals surface area contributed by atoms with Crippen molar-refractivity contribution in [3.63, 3.8) is 0 Å². The lowest BCUT2D eigenvalue weighted by molar-refractivity contribution is 0.240. The minimum Gasteiger partial charge on any atom is -0.342 e. The molecule has 1 N–H and O–H groups in total. The molecule has 0 aromatic heterocycles. The molecular formula is C21H25FN2S2. The molecule has 1 aliphatic rings. The van der Waals surface area contributed by atoms with E-state index in [0.29, 0.717) is 12.6 Å². The van der Waals surface area contributed by atoms with Gasteiger partial charge in [0.15, 0.2) is 5.11 Å². The fraction of sp³-hybridized carbons (Fsp3) is 0.381. The van der Waals surface area contributed by atoms with E-state index in [1.165, 1.54) is 36.3 Å². The van der Waals surface area contributed by atoms with Gasteiger partial charge in [-0.3, -0.25) is 0 Å². The predicted molar refractivity (Wildman–Crippen MR) is 113 cm³/mol. The molecule has 138 valence electrons. The first-order valence-electron chi connectivity index (χ1n) is 9.12. The molecule has 2 aromatic rings. The van der Waals surface area contributed by atoms with Gasteiger partial charge >= 0.3 is 0 Å². The summed E-state index contributed by atoms with van der Waals surface area (Å²) >= 11 is 7.49. The predicted octanol–water partition coefficient (Wildman–Crippen LogP) is 6.08. The second-order valence-electron chi connectivity index (χ2n) is 6.71. The van der Waals surface area contributed by atoms with Gasteiger partial charge in [0, 0.05) is 23.2 Å². The number of nitrogens with one attached hydrogen (secondary N) is 1. The average Bonchev–Trinajstić information content (AvgIpc) is 2.68. The van der Waals surface area contributed by atoms with Gasteiger partial charge in [0.1, 0.15) is 5.82 Å². The highest BCUT2D eigenvalue weighted by Gasteiger charge is 2.23. The Morgan fingerprint density at radius 2 is 1.88 bits per heavy atom. The van der Waals surface area contributed by atoms with E-state index in [2.05, 4.69) is 28.6 Å². The zero-order valence-electron chi connectivity index (χ0n) is 15.1. The van der Waals surface area contributed by atoms with E-state index < -0.39 is 0 Å². The van der Waals surface area contributed by atoms with E-state index in [-0.39, 0.29) is 5.82 Å². The van der Waals surface area contributed by atoms with Crippen molar-refractivity contribution in [1.82, 2.24) is 4.90 Å². The van der Waals surface area contributed by atoms with Crippen LogP contribution in [0.4, 0.5) is 10.1 Å². The quantitative estimate of drug-likeness (QED) is 0.493. The molecule has 0 saturated heterocycles. The second kappa shape index (κ2) is 9.38. The zero-order chi connectivity index (χ0) is 18.4. The summed E-state index contributed by atoms with van der Waals surface area (Å²) < 4.78 is 13.2. The Balaban J connectivity index is 1.76. The Morgan fingerprint density at radius 1 is 1.15 bits per heavy atom. The van der Waals surface area contributed by atoms with E-state index in [9.17, 15) is 4.39 Å². The molecule has 0 amide bonds. The molecule has 0 bridgehead atoms. The van der Waals surface area contributed by atoms with Crippen LogP contribution in [0.5, 0.6) is 0 Å². The van der Waals surface area contributed by atoms with Crippen molar-refractivity contribution < 1.29 is 4.39 Å². The SMILES string of the molecule is CSc1cccc(NC(=S)N(Cc2ccc(F)cc2)C2CCCCC2)c1. The molecule has 0 atom stereocenters. The Labute approximate surface area is 165 Å². The maximum Gasteiger partial charge on any atom is 0.173 e. The number of thioether (sulfide) groups is 1. The standard InChI is InChI=1S/C21H25FN2S2/c1-26-20-9-5-6-18(14-20)23-21(25)24(19-7-3-2-4-8-19)15-16-10-12-17(22)13-11-16/h5-6,9-14,19H,2-4,7-8,15H2,1H3,(H,23,25). The summed E-state index contributed by atoms with van der Waals surface area (Å²) in [6.07, 6.45) is 8.18. The first-order chi connectivity index (χ1) is 12.7. The minimum absolute atomic E-state index is 0.201. The van der Waals surface area contributed by atoms with Crippen molar-refractivity contribution in [3.8, 4) is 0 Å². The van der Waals surface area contributed by atoms with Crippen molar-refractivity contribution in [2.75, 3.05) is 11.6 Å². The maximum absolute atomic E-state index is 13.2. The average molecular weight is 389 g/mol. The monoisotopic (exact) mass is 388 g/mol. The number of nitrogens with zero attached hydrogens (tertiary/aromatic N) is 1. The Bertz CT molecular complexity index is 727. The summed E-state index contributed by atoms with van der Waals surface area (Å²) in [5.41, 5.74) is 2.10. The van der Waals surface area contributed by atoms with Crippen LogP contribution >= 0.6 is 24.0 Å². The van der Waals surface area contributed by atoms with Crippen LogP contribution in [0.1, 0.15) is 37.7 Å². The molecule has 26 heavy (non-hydrogen) atoms. The van der Waals surface area contributed by atoms with Gasteiger partial charge in [-0.25, -0.2) is 4.39 Å². The number of thiocarbonyl (C=S) groups is 1. The lowest BCUT2D eigenvalue weighted by Crippen LogP contribution is -2.43. The Hall–Kier alpha value is -1.59. The summed E-state index contributed by atoms with van der Waals surface area (Å²) in [6.45, 7) is 0.707. The van der Waals surface area contributed by atoms with Crippen LogP contribution in [0, 0.1) is 5.82 Å². The summed E-state index contributed by atoms with van der Waals surface area (Å²) in [5, 5.41) is 4.17. The van der Waals surface area contributed by atoms with Crippen LogP contribution in [0.3, 0.4) is 0 Å². The summed E-state index contributed by atoms with van der Waals surface area (Å²) in [4.78, 5) is 3.49. The van der Waals surface area contributed by atoms with Crippen LogP contribution in [0.2, 0.25) is 0 Å². The molecule has 2 aromatic carbocycles. The number of hydrogen-bond donors (Lipinski definition) is 1. The second-order valence-corrected chi connectivity index (χ2v) is 7.97. The van der Waals surface area contributed by atoms with Gasteiger partial charge in [-0.05, 0) is 67.2 Å². The molecule has 5 heteroatoms. The molecule has 1 aliphatic carbocycles. The van der Waals surface area contributed by atoms with Gasteiger partial charge in [0.05, 0.1) is 0 Å². The molecule has 1 saturated carbocycles. The molecule has 0 aliphatic heterocycles. The maximum atomic E-state index is 13.2. The van der Waals surface area contributed by atoms with E-state index in [4.69, 9.17) is 12.2 Å². The molecule has 0 unspecified atom stereocenters. The fourth-order valence-corrected chi connectivity index (χ4v) is 4.23. The largest absolute Gasteiger partial charge is 0.342 e. The van der Waals surface area contributed by atoms with E-state index in [1.54, 1.807) is 11.8 Å².